The van der Waals surface area contributed by atoms with Gasteiger partial charge in [-0.25, -0.2) is 4.79 Å². The highest BCUT2D eigenvalue weighted by atomic mass is 16.5. The zero-order valence-electron chi connectivity index (χ0n) is 27.2. The smallest absolute Gasteiger partial charge is 0.318 e. The van der Waals surface area contributed by atoms with Crippen LogP contribution in [0.25, 0.3) is 11.1 Å². The Morgan fingerprint density at radius 2 is 1.85 bits per heavy atom. The van der Waals surface area contributed by atoms with E-state index < -0.39 is 17.6 Å². The molecule has 2 aliphatic heterocycles. The number of nitrogens with zero attached hydrogens (tertiary/aromatic N) is 4. The maximum Gasteiger partial charge on any atom is 0.318 e. The summed E-state index contributed by atoms with van der Waals surface area (Å²) in [6.07, 6.45) is 7.60. The highest BCUT2D eigenvalue weighted by Crippen LogP contribution is 2.30. The zero-order chi connectivity index (χ0) is 33.0. The fourth-order valence-corrected chi connectivity index (χ4v) is 6.28. The van der Waals surface area contributed by atoms with Gasteiger partial charge in [0.25, 0.3) is 5.91 Å². The Balaban J connectivity index is 1.02. The Hall–Kier alpha value is -4.58. The van der Waals surface area contributed by atoms with E-state index in [0.717, 1.165) is 54.6 Å². The van der Waals surface area contributed by atoms with E-state index in [1.807, 2.05) is 35.4 Å². The van der Waals surface area contributed by atoms with E-state index in [1.54, 1.807) is 24.9 Å². The van der Waals surface area contributed by atoms with E-state index in [9.17, 15) is 19.5 Å². The van der Waals surface area contributed by atoms with Gasteiger partial charge in [0, 0.05) is 68.3 Å². The lowest BCUT2D eigenvalue weighted by Gasteiger charge is -2.36. The number of likely N-dealkylation sites (tertiary alicyclic amines) is 1. The Labute approximate surface area is 275 Å². The minimum absolute atomic E-state index is 0.00187. The predicted octanol–water partition coefficient (Wildman–Crippen LogP) is 3.29. The number of H-pyrrole nitrogens is 1. The average molecular weight is 644 g/mol. The first-order chi connectivity index (χ1) is 22.6. The molecule has 4 amide bonds. The summed E-state index contributed by atoms with van der Waals surface area (Å²) in [6.45, 7) is 6.07. The second-order valence-electron chi connectivity index (χ2n) is 13.4. The Bertz CT molecular complexity index is 1540. The number of anilines is 1. The SMILES string of the molecule is CC(C)(Oc1cccc(N2CCC[C@@H](NC(=O)N(Cc3ccc(-c4cn[nH]c4)cc3)C3CC3)C2)c1)C(=O)NCC(=O)N1CC[C@H](O)C1. The van der Waals surface area contributed by atoms with E-state index in [0.29, 0.717) is 38.3 Å². The summed E-state index contributed by atoms with van der Waals surface area (Å²) in [7, 11) is 0. The number of carbonyl (C=O) groups is 3. The Kier molecular flexibility index (Phi) is 9.67. The molecule has 4 N–H and O–H groups in total. The topological polar surface area (TPSA) is 143 Å². The van der Waals surface area contributed by atoms with Crippen LogP contribution in [-0.4, -0.2) is 99.5 Å². The lowest BCUT2D eigenvalue weighted by atomic mass is 10.0. The molecule has 12 nitrogen and oxygen atoms in total. The van der Waals surface area contributed by atoms with E-state index in [-0.39, 0.29) is 30.6 Å². The number of aromatic nitrogens is 2. The molecule has 0 spiro atoms. The summed E-state index contributed by atoms with van der Waals surface area (Å²) < 4.78 is 6.13. The molecule has 3 aromatic rings. The van der Waals surface area contributed by atoms with Crippen LogP contribution in [0.5, 0.6) is 5.75 Å². The van der Waals surface area contributed by atoms with E-state index in [2.05, 4.69) is 50.0 Å². The number of amides is 4. The molecular formula is C35H45N7O5. The van der Waals surface area contributed by atoms with Crippen molar-refractivity contribution in [2.75, 3.05) is 37.6 Å². The number of β-amino-alcohol motifs (C(OH)–C–C–N with tert-alkyl or cyclic N) is 1. The fraction of sp³-hybridized carbons (Fsp3) is 0.486. The molecule has 250 valence electrons. The minimum atomic E-state index is -1.21. The molecule has 12 heteroatoms. The summed E-state index contributed by atoms with van der Waals surface area (Å²) in [6, 6.07) is 16.2. The molecule has 0 radical (unpaired) electrons. The summed E-state index contributed by atoms with van der Waals surface area (Å²) in [5, 5.41) is 22.6. The number of ether oxygens (including phenoxy) is 1. The van der Waals surface area contributed by atoms with Gasteiger partial charge in [-0.1, -0.05) is 30.3 Å². The molecule has 1 saturated carbocycles. The second-order valence-corrected chi connectivity index (χ2v) is 13.4. The van der Waals surface area contributed by atoms with Crippen LogP contribution >= 0.6 is 0 Å². The van der Waals surface area contributed by atoms with Crippen molar-refractivity contribution in [3.05, 3.63) is 66.5 Å². The predicted molar refractivity (Wildman–Crippen MR) is 178 cm³/mol. The van der Waals surface area contributed by atoms with Crippen LogP contribution in [0.3, 0.4) is 0 Å². The maximum atomic E-state index is 13.5. The van der Waals surface area contributed by atoms with E-state index >= 15 is 0 Å². The monoisotopic (exact) mass is 643 g/mol. The van der Waals surface area contributed by atoms with Gasteiger partial charge in [0.2, 0.25) is 5.91 Å². The number of carbonyl (C=O) groups excluding carboxylic acids is 3. The van der Waals surface area contributed by atoms with Crippen molar-refractivity contribution in [3.63, 3.8) is 0 Å². The normalized spacial score (nSPS) is 19.7. The van der Waals surface area contributed by atoms with Gasteiger partial charge in [0.15, 0.2) is 5.60 Å². The van der Waals surface area contributed by atoms with Crippen molar-refractivity contribution >= 4 is 23.5 Å². The van der Waals surface area contributed by atoms with Gasteiger partial charge in [-0.2, -0.15) is 5.10 Å². The summed E-state index contributed by atoms with van der Waals surface area (Å²) in [5.41, 5.74) is 2.95. The van der Waals surface area contributed by atoms with Gasteiger partial charge in [-0.05, 0) is 69.2 Å². The first kappa shape index (κ1) is 32.4. The number of rotatable bonds is 11. The van der Waals surface area contributed by atoms with Crippen LogP contribution in [0.4, 0.5) is 10.5 Å². The second kappa shape index (κ2) is 14.0. The summed E-state index contributed by atoms with van der Waals surface area (Å²) in [5.74, 6) is -0.0767. The highest BCUT2D eigenvalue weighted by molar-refractivity contribution is 5.89. The number of benzene rings is 2. The van der Waals surface area contributed by atoms with Crippen LogP contribution in [0.1, 0.15) is 51.5 Å². The number of urea groups is 1. The molecule has 2 atom stereocenters. The van der Waals surface area contributed by atoms with Crippen molar-refractivity contribution in [1.82, 2.24) is 30.6 Å². The van der Waals surface area contributed by atoms with Gasteiger partial charge < -0.3 is 35.2 Å². The highest BCUT2D eigenvalue weighted by Gasteiger charge is 2.35. The fourth-order valence-electron chi connectivity index (χ4n) is 6.28. The molecular weight excluding hydrogens is 598 g/mol. The molecule has 2 aromatic carbocycles. The van der Waals surface area contributed by atoms with Gasteiger partial charge in [-0.3, -0.25) is 14.7 Å². The van der Waals surface area contributed by atoms with Crippen molar-refractivity contribution < 1.29 is 24.2 Å². The number of aliphatic hydroxyl groups is 1. The molecule has 3 heterocycles. The van der Waals surface area contributed by atoms with Crippen molar-refractivity contribution in [2.45, 2.75) is 76.3 Å². The molecule has 1 aliphatic carbocycles. The van der Waals surface area contributed by atoms with Crippen molar-refractivity contribution in [3.8, 4) is 16.9 Å². The van der Waals surface area contributed by atoms with Crippen LogP contribution in [0.2, 0.25) is 0 Å². The average Bonchev–Trinajstić information content (AvgIpc) is 3.55. The van der Waals surface area contributed by atoms with Gasteiger partial charge in [0.1, 0.15) is 5.75 Å². The molecule has 1 aromatic heterocycles. The summed E-state index contributed by atoms with van der Waals surface area (Å²) >= 11 is 0. The van der Waals surface area contributed by atoms with Crippen LogP contribution in [0, 0.1) is 0 Å². The lowest BCUT2D eigenvalue weighted by Crippen LogP contribution is -2.52. The number of aliphatic hydroxyl groups excluding tert-OH is 1. The molecule has 3 aliphatic rings. The summed E-state index contributed by atoms with van der Waals surface area (Å²) in [4.78, 5) is 44.7. The molecule has 47 heavy (non-hydrogen) atoms. The number of hydrogen-bond acceptors (Lipinski definition) is 7. The zero-order valence-corrected chi connectivity index (χ0v) is 27.2. The first-order valence-electron chi connectivity index (χ1n) is 16.6. The number of nitrogens with one attached hydrogen (secondary N) is 3. The van der Waals surface area contributed by atoms with Crippen LogP contribution < -0.4 is 20.3 Å². The van der Waals surface area contributed by atoms with Crippen molar-refractivity contribution in [1.29, 1.82) is 0 Å². The van der Waals surface area contributed by atoms with Crippen molar-refractivity contribution in [2.24, 2.45) is 0 Å². The van der Waals surface area contributed by atoms with Gasteiger partial charge >= 0.3 is 6.03 Å². The number of aromatic amines is 1. The third-order valence-electron chi connectivity index (χ3n) is 9.15. The number of piperidine rings is 1. The first-order valence-corrected chi connectivity index (χ1v) is 16.6. The molecule has 0 unspecified atom stereocenters. The minimum Gasteiger partial charge on any atom is -0.478 e. The third-order valence-corrected chi connectivity index (χ3v) is 9.15. The number of hydrogen-bond donors (Lipinski definition) is 4. The largest absolute Gasteiger partial charge is 0.478 e. The standard InChI is InChI=1S/C35H45N7O5/c1-35(2,33(45)36-20-32(44)41-16-14-30(43)23-41)47-31-7-3-6-29(17-31)40-15-4-5-27(22-40)39-34(46)42(28-12-13-28)21-24-8-10-25(11-9-24)26-18-37-38-19-26/h3,6-11,17-19,27-28,30,43H,4-5,12-16,20-23H2,1-2H3,(H,36,45)(H,37,38)(H,39,46)/t27-,30+/m1/s1. The van der Waals surface area contributed by atoms with Crippen LogP contribution in [-0.2, 0) is 16.1 Å². The lowest BCUT2D eigenvalue weighted by molar-refractivity contribution is -0.138. The maximum absolute atomic E-state index is 13.5. The van der Waals surface area contributed by atoms with Gasteiger partial charge in [0.05, 0.1) is 18.8 Å². The van der Waals surface area contributed by atoms with E-state index in [4.69, 9.17) is 4.74 Å². The molecule has 3 fully saturated rings. The quantitative estimate of drug-likeness (QED) is 0.251. The van der Waals surface area contributed by atoms with Gasteiger partial charge in [-0.15, -0.1) is 0 Å². The molecule has 6 rings (SSSR count). The van der Waals surface area contributed by atoms with E-state index in [1.165, 1.54) is 0 Å². The Morgan fingerprint density at radius 3 is 2.55 bits per heavy atom. The molecule has 2 saturated heterocycles. The Morgan fingerprint density at radius 1 is 1.04 bits per heavy atom. The molecule has 0 bridgehead atoms. The van der Waals surface area contributed by atoms with Crippen LogP contribution in [0.15, 0.2) is 60.9 Å². The third kappa shape index (κ3) is 8.23.